The molecule has 0 unspecified atom stereocenters. The van der Waals surface area contributed by atoms with Gasteiger partial charge in [0.05, 0.1) is 10.7 Å². The zero-order valence-electron chi connectivity index (χ0n) is 11.8. The summed E-state index contributed by atoms with van der Waals surface area (Å²) in [5.74, 6) is 0.478. The highest BCUT2D eigenvalue weighted by atomic mass is 35.5. The van der Waals surface area contributed by atoms with E-state index in [4.69, 9.17) is 17.3 Å². The van der Waals surface area contributed by atoms with Crippen LogP contribution in [-0.4, -0.2) is 15.0 Å². The molecule has 4 nitrogen and oxygen atoms in total. The minimum Gasteiger partial charge on any atom is -0.382 e. The van der Waals surface area contributed by atoms with E-state index in [0.29, 0.717) is 16.5 Å². The molecule has 0 amide bonds. The summed E-state index contributed by atoms with van der Waals surface area (Å²) in [6.45, 7) is 4.14. The second kappa shape index (κ2) is 5.22. The molecular weight excluding hydrogens is 284 g/mol. The van der Waals surface area contributed by atoms with Gasteiger partial charge in [0.15, 0.2) is 5.82 Å². The molecule has 2 aromatic carbocycles. The summed E-state index contributed by atoms with van der Waals surface area (Å²) in [4.78, 5) is 0. The van der Waals surface area contributed by atoms with Crippen molar-refractivity contribution < 1.29 is 0 Å². The van der Waals surface area contributed by atoms with Gasteiger partial charge in [0.25, 0.3) is 0 Å². The number of halogens is 1. The Morgan fingerprint density at radius 1 is 1.05 bits per heavy atom. The van der Waals surface area contributed by atoms with Gasteiger partial charge in [-0.25, -0.2) is 0 Å². The Kier molecular flexibility index (Phi) is 3.39. The van der Waals surface area contributed by atoms with Crippen molar-refractivity contribution in [2.45, 2.75) is 13.8 Å². The molecule has 3 aromatic rings. The van der Waals surface area contributed by atoms with Crippen LogP contribution in [0.3, 0.4) is 0 Å². The lowest BCUT2D eigenvalue weighted by Crippen LogP contribution is -2.02. The highest BCUT2D eigenvalue weighted by Crippen LogP contribution is 2.29. The van der Waals surface area contributed by atoms with E-state index in [0.717, 1.165) is 11.3 Å². The van der Waals surface area contributed by atoms with Crippen LogP contribution < -0.4 is 5.73 Å². The summed E-state index contributed by atoms with van der Waals surface area (Å²) >= 11 is 6.19. The molecule has 5 heteroatoms. The molecule has 21 heavy (non-hydrogen) atoms. The van der Waals surface area contributed by atoms with E-state index in [2.05, 4.69) is 36.3 Å². The molecule has 0 aliphatic heterocycles. The highest BCUT2D eigenvalue weighted by molar-refractivity contribution is 6.32. The van der Waals surface area contributed by atoms with Crippen LogP contribution in [0.1, 0.15) is 11.1 Å². The predicted octanol–water partition coefficient (Wildman–Crippen LogP) is 3.79. The number of nitrogen functional groups attached to an aromatic ring is 1. The van der Waals surface area contributed by atoms with Crippen LogP contribution in [-0.2, 0) is 0 Å². The molecule has 0 aliphatic carbocycles. The first-order valence-electron chi connectivity index (χ1n) is 6.61. The van der Waals surface area contributed by atoms with Gasteiger partial charge in [-0.15, -0.1) is 5.10 Å². The first-order valence-corrected chi connectivity index (χ1v) is 6.99. The normalized spacial score (nSPS) is 10.8. The number of para-hydroxylation sites is 1. The van der Waals surface area contributed by atoms with E-state index in [1.807, 2.05) is 24.3 Å². The van der Waals surface area contributed by atoms with Gasteiger partial charge < -0.3 is 5.73 Å². The van der Waals surface area contributed by atoms with Crippen molar-refractivity contribution in [1.82, 2.24) is 15.0 Å². The third-order valence-corrected chi connectivity index (χ3v) is 3.89. The fraction of sp³-hybridized carbons (Fsp3) is 0.125. The predicted molar refractivity (Wildman–Crippen MR) is 85.7 cm³/mol. The summed E-state index contributed by atoms with van der Waals surface area (Å²) in [7, 11) is 0. The second-order valence-electron chi connectivity index (χ2n) is 4.99. The molecule has 106 valence electrons. The molecule has 0 fully saturated rings. The molecule has 1 heterocycles. The number of nitrogens with zero attached hydrogens (tertiary/aromatic N) is 3. The zero-order valence-corrected chi connectivity index (χ0v) is 12.6. The van der Waals surface area contributed by atoms with E-state index in [1.165, 1.54) is 11.1 Å². The van der Waals surface area contributed by atoms with Gasteiger partial charge in [0, 0.05) is 5.56 Å². The standard InChI is InChI=1S/C16H15ClN4/c1-10-7-8-12(9-11(10)2)15-16(18)21(20-19-15)14-6-4-3-5-13(14)17/h3-9H,18H2,1-2H3. The zero-order chi connectivity index (χ0) is 15.0. The summed E-state index contributed by atoms with van der Waals surface area (Å²) in [5.41, 5.74) is 11.0. The Morgan fingerprint density at radius 3 is 2.52 bits per heavy atom. The van der Waals surface area contributed by atoms with E-state index >= 15 is 0 Å². The number of hydrogen-bond acceptors (Lipinski definition) is 3. The SMILES string of the molecule is Cc1ccc(-c2nnn(-c3ccccc3Cl)c2N)cc1C. The quantitative estimate of drug-likeness (QED) is 0.783. The van der Waals surface area contributed by atoms with Crippen LogP contribution >= 0.6 is 11.6 Å². The topological polar surface area (TPSA) is 56.7 Å². The van der Waals surface area contributed by atoms with Gasteiger partial charge in [-0.3, -0.25) is 0 Å². The van der Waals surface area contributed by atoms with E-state index < -0.39 is 0 Å². The summed E-state index contributed by atoms with van der Waals surface area (Å²) in [5, 5.41) is 8.92. The lowest BCUT2D eigenvalue weighted by Gasteiger charge is -2.06. The first kappa shape index (κ1) is 13.6. The van der Waals surface area contributed by atoms with Crippen molar-refractivity contribution in [2.24, 2.45) is 0 Å². The number of rotatable bonds is 2. The molecule has 0 bridgehead atoms. The van der Waals surface area contributed by atoms with Gasteiger partial charge in [-0.1, -0.05) is 41.1 Å². The largest absolute Gasteiger partial charge is 0.382 e. The third kappa shape index (κ3) is 2.38. The molecule has 1 aromatic heterocycles. The van der Waals surface area contributed by atoms with Crippen LogP contribution in [0.2, 0.25) is 5.02 Å². The smallest absolute Gasteiger partial charge is 0.155 e. The van der Waals surface area contributed by atoms with Crippen molar-refractivity contribution in [3.8, 4) is 16.9 Å². The van der Waals surface area contributed by atoms with Crippen LogP contribution in [0.25, 0.3) is 16.9 Å². The average molecular weight is 299 g/mol. The molecule has 0 saturated heterocycles. The number of aryl methyl sites for hydroxylation is 2. The lowest BCUT2D eigenvalue weighted by atomic mass is 10.0. The fourth-order valence-electron chi connectivity index (χ4n) is 2.18. The maximum atomic E-state index is 6.20. The van der Waals surface area contributed by atoms with Gasteiger partial charge >= 0.3 is 0 Å². The Bertz CT molecular complexity index is 808. The van der Waals surface area contributed by atoms with Gasteiger partial charge in [-0.05, 0) is 43.2 Å². The summed E-state index contributed by atoms with van der Waals surface area (Å²) in [6.07, 6.45) is 0. The van der Waals surface area contributed by atoms with Crippen molar-refractivity contribution in [1.29, 1.82) is 0 Å². The van der Waals surface area contributed by atoms with Gasteiger partial charge in [0.2, 0.25) is 0 Å². The highest BCUT2D eigenvalue weighted by Gasteiger charge is 2.15. The van der Waals surface area contributed by atoms with E-state index in [-0.39, 0.29) is 0 Å². The minimum atomic E-state index is 0.478. The molecule has 3 rings (SSSR count). The van der Waals surface area contributed by atoms with Crippen molar-refractivity contribution in [3.63, 3.8) is 0 Å². The molecule has 0 spiro atoms. The number of nitrogens with two attached hydrogens (primary N) is 1. The molecule has 0 aliphatic rings. The number of aromatic nitrogens is 3. The van der Waals surface area contributed by atoms with Crippen molar-refractivity contribution in [2.75, 3.05) is 5.73 Å². The van der Waals surface area contributed by atoms with E-state index in [9.17, 15) is 0 Å². The number of anilines is 1. The Hall–Kier alpha value is -2.33. The minimum absolute atomic E-state index is 0.478. The number of benzene rings is 2. The molecular formula is C16H15ClN4. The van der Waals surface area contributed by atoms with Crippen LogP contribution in [0.15, 0.2) is 42.5 Å². The Balaban J connectivity index is 2.11. The first-order chi connectivity index (χ1) is 10.1. The van der Waals surface area contributed by atoms with E-state index in [1.54, 1.807) is 10.7 Å². The van der Waals surface area contributed by atoms with Crippen LogP contribution in [0.4, 0.5) is 5.82 Å². The molecule has 2 N–H and O–H groups in total. The van der Waals surface area contributed by atoms with Crippen molar-refractivity contribution in [3.05, 3.63) is 58.6 Å². The average Bonchev–Trinajstić information content (AvgIpc) is 2.84. The maximum Gasteiger partial charge on any atom is 0.155 e. The summed E-state index contributed by atoms with van der Waals surface area (Å²) in [6, 6.07) is 13.5. The van der Waals surface area contributed by atoms with Crippen LogP contribution in [0, 0.1) is 13.8 Å². The summed E-state index contributed by atoms with van der Waals surface area (Å²) < 4.78 is 1.56. The monoisotopic (exact) mass is 298 g/mol. The van der Waals surface area contributed by atoms with Crippen LogP contribution in [0.5, 0.6) is 0 Å². The molecule has 0 radical (unpaired) electrons. The third-order valence-electron chi connectivity index (χ3n) is 3.57. The van der Waals surface area contributed by atoms with Gasteiger partial charge in [-0.2, -0.15) is 4.68 Å². The fourth-order valence-corrected chi connectivity index (χ4v) is 2.40. The lowest BCUT2D eigenvalue weighted by molar-refractivity contribution is 0.810. The Morgan fingerprint density at radius 2 is 1.81 bits per heavy atom. The second-order valence-corrected chi connectivity index (χ2v) is 5.39. The Labute approximate surface area is 128 Å². The maximum absolute atomic E-state index is 6.20. The van der Waals surface area contributed by atoms with Crippen molar-refractivity contribution >= 4 is 17.4 Å². The number of hydrogen-bond donors (Lipinski definition) is 1. The van der Waals surface area contributed by atoms with Gasteiger partial charge in [0.1, 0.15) is 5.69 Å². The molecule has 0 atom stereocenters. The molecule has 0 saturated carbocycles.